The molecule has 6 heteroatoms. The average Bonchev–Trinajstić information content (AvgIpc) is 2.63. The fourth-order valence-electron chi connectivity index (χ4n) is 2.79. The maximum absolute atomic E-state index is 10.0. The maximum atomic E-state index is 10.0. The molecule has 0 saturated carbocycles. The van der Waals surface area contributed by atoms with Crippen LogP contribution in [0.3, 0.4) is 0 Å². The molecule has 0 fully saturated rings. The van der Waals surface area contributed by atoms with Crippen molar-refractivity contribution in [1.82, 2.24) is 0 Å². The number of benzene rings is 3. The highest BCUT2D eigenvalue weighted by atomic mass is 16.3. The highest BCUT2D eigenvalue weighted by Gasteiger charge is 2.09. The summed E-state index contributed by atoms with van der Waals surface area (Å²) in [6.45, 7) is 3.51. The molecule has 0 aliphatic heterocycles. The van der Waals surface area contributed by atoms with E-state index in [1.54, 1.807) is 38.1 Å². The molecule has 0 unspecified atom stereocenters. The second-order valence-electron chi connectivity index (χ2n) is 6.29. The smallest absolute Gasteiger partial charge is 0.128 e. The Morgan fingerprint density at radius 2 is 1.00 bits per heavy atom. The van der Waals surface area contributed by atoms with Crippen LogP contribution in [-0.2, 0) is 0 Å². The number of aliphatic imine (C=N–C) groups is 2. The van der Waals surface area contributed by atoms with E-state index in [9.17, 15) is 20.4 Å². The van der Waals surface area contributed by atoms with Gasteiger partial charge in [-0.1, -0.05) is 12.1 Å². The van der Waals surface area contributed by atoms with Crippen LogP contribution in [0.1, 0.15) is 25.0 Å². The van der Waals surface area contributed by atoms with Crippen molar-refractivity contribution in [1.29, 1.82) is 0 Å². The van der Waals surface area contributed by atoms with E-state index in [4.69, 9.17) is 0 Å². The van der Waals surface area contributed by atoms with Crippen LogP contribution in [0.25, 0.3) is 0 Å². The summed E-state index contributed by atoms with van der Waals surface area (Å²) in [5, 5.41) is 39.0. The van der Waals surface area contributed by atoms with E-state index >= 15 is 0 Å². The van der Waals surface area contributed by atoms with Crippen LogP contribution < -0.4 is 0 Å². The van der Waals surface area contributed by atoms with E-state index in [1.165, 1.54) is 24.3 Å². The lowest BCUT2D eigenvalue weighted by molar-refractivity contribution is 0.449. The third-order valence-electron chi connectivity index (χ3n) is 4.20. The standard InChI is InChI=1S/C22H20N2O4/c1-13(17-9-7-15(25)11-21(17)27)23-19-5-3-4-6-20(19)24-14(2)18-10-8-16(26)12-22(18)28/h3-12,25-28H,1-2H3. The summed E-state index contributed by atoms with van der Waals surface area (Å²) in [7, 11) is 0. The minimum atomic E-state index is -0.0626. The van der Waals surface area contributed by atoms with Crippen LogP contribution in [0.2, 0.25) is 0 Å². The van der Waals surface area contributed by atoms with Crippen molar-refractivity contribution < 1.29 is 20.4 Å². The summed E-state index contributed by atoms with van der Waals surface area (Å²) in [6.07, 6.45) is 0. The Kier molecular flexibility index (Phi) is 5.31. The number of aromatic hydroxyl groups is 4. The summed E-state index contributed by atoms with van der Waals surface area (Å²) in [5.74, 6) is -0.174. The van der Waals surface area contributed by atoms with Crippen LogP contribution in [-0.4, -0.2) is 31.8 Å². The van der Waals surface area contributed by atoms with Crippen molar-refractivity contribution in [2.24, 2.45) is 9.98 Å². The van der Waals surface area contributed by atoms with Crippen molar-refractivity contribution in [2.75, 3.05) is 0 Å². The predicted molar refractivity (Wildman–Crippen MR) is 110 cm³/mol. The summed E-state index contributed by atoms with van der Waals surface area (Å²) in [5.41, 5.74) is 3.31. The topological polar surface area (TPSA) is 106 Å². The quantitative estimate of drug-likeness (QED) is 0.491. The van der Waals surface area contributed by atoms with Crippen molar-refractivity contribution in [3.8, 4) is 23.0 Å². The second-order valence-corrected chi connectivity index (χ2v) is 6.29. The molecule has 0 aromatic heterocycles. The van der Waals surface area contributed by atoms with Gasteiger partial charge in [-0.05, 0) is 50.2 Å². The number of nitrogens with zero attached hydrogens (tertiary/aromatic N) is 2. The van der Waals surface area contributed by atoms with E-state index in [0.29, 0.717) is 33.9 Å². The van der Waals surface area contributed by atoms with Gasteiger partial charge in [-0.15, -0.1) is 0 Å². The molecule has 0 saturated heterocycles. The van der Waals surface area contributed by atoms with E-state index < -0.39 is 0 Å². The lowest BCUT2D eigenvalue weighted by atomic mass is 10.1. The Morgan fingerprint density at radius 1 is 0.607 bits per heavy atom. The Labute approximate surface area is 162 Å². The van der Waals surface area contributed by atoms with Crippen LogP contribution in [0, 0.1) is 0 Å². The van der Waals surface area contributed by atoms with Gasteiger partial charge >= 0.3 is 0 Å². The van der Waals surface area contributed by atoms with E-state index in [0.717, 1.165) is 0 Å². The Hall–Kier alpha value is -3.80. The lowest BCUT2D eigenvalue weighted by Crippen LogP contribution is -1.96. The number of para-hydroxylation sites is 2. The molecule has 6 nitrogen and oxygen atoms in total. The molecule has 0 atom stereocenters. The molecule has 28 heavy (non-hydrogen) atoms. The molecule has 3 aromatic carbocycles. The molecule has 0 amide bonds. The van der Waals surface area contributed by atoms with Gasteiger partial charge < -0.3 is 20.4 Å². The minimum Gasteiger partial charge on any atom is -0.508 e. The summed E-state index contributed by atoms with van der Waals surface area (Å²) < 4.78 is 0. The average molecular weight is 376 g/mol. The fraction of sp³-hybridized carbons (Fsp3) is 0.0909. The van der Waals surface area contributed by atoms with E-state index in [-0.39, 0.29) is 23.0 Å². The van der Waals surface area contributed by atoms with Crippen LogP contribution in [0.4, 0.5) is 11.4 Å². The van der Waals surface area contributed by atoms with Crippen molar-refractivity contribution in [3.05, 3.63) is 71.8 Å². The second kappa shape index (κ2) is 7.84. The molecule has 3 aromatic rings. The molecule has 0 spiro atoms. The maximum Gasteiger partial charge on any atom is 0.128 e. The molecule has 0 aliphatic rings. The summed E-state index contributed by atoms with van der Waals surface area (Å²) in [6, 6.07) is 15.9. The van der Waals surface area contributed by atoms with Gasteiger partial charge in [-0.25, -0.2) is 0 Å². The van der Waals surface area contributed by atoms with Crippen molar-refractivity contribution in [3.63, 3.8) is 0 Å². The Morgan fingerprint density at radius 3 is 1.36 bits per heavy atom. The van der Waals surface area contributed by atoms with Crippen LogP contribution in [0.15, 0.2) is 70.6 Å². The highest BCUT2D eigenvalue weighted by molar-refractivity contribution is 6.05. The van der Waals surface area contributed by atoms with Gasteiger partial charge in [0.05, 0.1) is 11.4 Å². The normalized spacial score (nSPS) is 12.2. The molecule has 0 bridgehead atoms. The highest BCUT2D eigenvalue weighted by Crippen LogP contribution is 2.32. The molecule has 4 N–H and O–H groups in total. The molecular formula is C22H20N2O4. The summed E-state index contributed by atoms with van der Waals surface area (Å²) in [4.78, 5) is 9.14. The van der Waals surface area contributed by atoms with Gasteiger partial charge in [-0.3, -0.25) is 9.98 Å². The predicted octanol–water partition coefficient (Wildman–Crippen LogP) is 4.79. The Bertz CT molecular complexity index is 1000. The molecular weight excluding hydrogens is 356 g/mol. The number of phenolic OH excluding ortho intramolecular Hbond substituents is 4. The van der Waals surface area contributed by atoms with Crippen LogP contribution in [0.5, 0.6) is 23.0 Å². The van der Waals surface area contributed by atoms with Crippen molar-refractivity contribution >= 4 is 22.8 Å². The third kappa shape index (κ3) is 4.12. The largest absolute Gasteiger partial charge is 0.508 e. The van der Waals surface area contributed by atoms with Crippen LogP contribution >= 0.6 is 0 Å². The van der Waals surface area contributed by atoms with Gasteiger partial charge in [0.2, 0.25) is 0 Å². The zero-order chi connectivity index (χ0) is 20.3. The minimum absolute atomic E-state index is 0.0246. The van der Waals surface area contributed by atoms with Crippen molar-refractivity contribution in [2.45, 2.75) is 13.8 Å². The van der Waals surface area contributed by atoms with E-state index in [2.05, 4.69) is 9.98 Å². The number of rotatable bonds is 4. The number of hydrogen-bond donors (Lipinski definition) is 4. The van der Waals surface area contributed by atoms with Gasteiger partial charge in [0, 0.05) is 34.7 Å². The van der Waals surface area contributed by atoms with Gasteiger partial charge in [0.1, 0.15) is 23.0 Å². The molecule has 0 heterocycles. The molecule has 142 valence electrons. The third-order valence-corrected chi connectivity index (χ3v) is 4.20. The first-order valence-electron chi connectivity index (χ1n) is 8.59. The monoisotopic (exact) mass is 376 g/mol. The van der Waals surface area contributed by atoms with E-state index in [1.807, 2.05) is 12.1 Å². The molecule has 3 rings (SSSR count). The zero-order valence-corrected chi connectivity index (χ0v) is 15.5. The zero-order valence-electron chi connectivity index (χ0n) is 15.5. The number of hydrogen-bond acceptors (Lipinski definition) is 6. The van der Waals surface area contributed by atoms with Gasteiger partial charge in [-0.2, -0.15) is 0 Å². The lowest BCUT2D eigenvalue weighted by Gasteiger charge is -2.08. The first-order valence-corrected chi connectivity index (χ1v) is 8.59. The molecule has 0 radical (unpaired) electrons. The van der Waals surface area contributed by atoms with Gasteiger partial charge in [0.25, 0.3) is 0 Å². The SMILES string of the molecule is CC(=Nc1ccccc1N=C(C)c1ccc(O)cc1O)c1ccc(O)cc1O. The van der Waals surface area contributed by atoms with Gasteiger partial charge in [0.15, 0.2) is 0 Å². The Balaban J connectivity index is 2.01. The molecule has 0 aliphatic carbocycles. The fourth-order valence-corrected chi connectivity index (χ4v) is 2.79. The first kappa shape index (κ1) is 19.0. The number of phenols is 4. The first-order chi connectivity index (χ1) is 13.3. The summed E-state index contributed by atoms with van der Waals surface area (Å²) >= 11 is 0.